The first-order valence-corrected chi connectivity index (χ1v) is 5.01. The average molecular weight is 249 g/mol. The predicted molar refractivity (Wildman–Crippen MR) is 64.5 cm³/mol. The summed E-state index contributed by atoms with van der Waals surface area (Å²) in [5, 5.41) is 49.2. The van der Waals surface area contributed by atoms with Gasteiger partial charge in [0.2, 0.25) is 0 Å². The lowest BCUT2D eigenvalue weighted by atomic mass is 10.2. The molecule has 0 fully saturated rings. The van der Waals surface area contributed by atoms with Crippen LogP contribution in [0.25, 0.3) is 0 Å². The molecule has 2 rings (SSSR count). The molecular weight excluding hydrogens is 238 g/mol. The van der Waals surface area contributed by atoms with Gasteiger partial charge in [0.1, 0.15) is 11.5 Å². The van der Waals surface area contributed by atoms with Crippen molar-refractivity contribution in [2.24, 2.45) is 0 Å². The van der Waals surface area contributed by atoms with Crippen LogP contribution in [0.2, 0.25) is 0 Å². The molecule has 94 valence electrons. The van der Waals surface area contributed by atoms with Gasteiger partial charge < -0.3 is 30.8 Å². The maximum Gasteiger partial charge on any atom is 0.200 e. The Morgan fingerprint density at radius 1 is 0.722 bits per heavy atom. The third kappa shape index (κ3) is 2.17. The van der Waals surface area contributed by atoms with Crippen molar-refractivity contribution in [1.29, 1.82) is 0 Å². The molecule has 0 aliphatic rings. The van der Waals surface area contributed by atoms with Gasteiger partial charge in [0.25, 0.3) is 0 Å². The number of hydrogen-bond donors (Lipinski definition) is 6. The highest BCUT2D eigenvalue weighted by Crippen LogP contribution is 2.39. The van der Waals surface area contributed by atoms with Gasteiger partial charge in [-0.1, -0.05) is 0 Å². The number of phenolic OH excluding ortho intramolecular Hbond substituents is 5. The molecule has 0 aromatic heterocycles. The second-order valence-corrected chi connectivity index (χ2v) is 3.69. The Morgan fingerprint density at radius 3 is 1.89 bits per heavy atom. The minimum Gasteiger partial charge on any atom is -0.508 e. The van der Waals surface area contributed by atoms with Crippen LogP contribution in [0.4, 0.5) is 11.4 Å². The molecule has 18 heavy (non-hydrogen) atoms. The molecule has 6 N–H and O–H groups in total. The van der Waals surface area contributed by atoms with Crippen molar-refractivity contribution in [3.05, 3.63) is 30.3 Å². The Morgan fingerprint density at radius 2 is 1.33 bits per heavy atom. The number of benzene rings is 2. The molecule has 0 aliphatic carbocycles. The molecule has 0 saturated carbocycles. The van der Waals surface area contributed by atoms with Crippen molar-refractivity contribution in [3.63, 3.8) is 0 Å². The first-order chi connectivity index (χ1) is 8.47. The summed E-state index contributed by atoms with van der Waals surface area (Å²) in [5.74, 6) is -1.88. The highest BCUT2D eigenvalue weighted by molar-refractivity contribution is 5.70. The number of nitrogens with one attached hydrogen (secondary N) is 1. The summed E-state index contributed by atoms with van der Waals surface area (Å²) in [6, 6.07) is 6.29. The summed E-state index contributed by atoms with van der Waals surface area (Å²) in [5.41, 5.74) is 0.543. The van der Waals surface area contributed by atoms with Gasteiger partial charge in [-0.25, -0.2) is 0 Å². The van der Waals surface area contributed by atoms with Gasteiger partial charge in [0.15, 0.2) is 17.2 Å². The molecule has 2 aromatic carbocycles. The van der Waals surface area contributed by atoms with E-state index in [0.29, 0.717) is 0 Å². The zero-order valence-corrected chi connectivity index (χ0v) is 9.12. The molecule has 0 spiro atoms. The Labute approximate surface area is 102 Å². The minimum atomic E-state index is -0.615. The average Bonchev–Trinajstić information content (AvgIpc) is 2.29. The number of aromatic hydroxyl groups is 5. The van der Waals surface area contributed by atoms with Gasteiger partial charge in [-0.05, 0) is 12.1 Å². The lowest BCUT2D eigenvalue weighted by molar-refractivity contribution is 0.368. The fourth-order valence-electron chi connectivity index (χ4n) is 1.46. The molecule has 0 radical (unpaired) electrons. The van der Waals surface area contributed by atoms with Gasteiger partial charge in [0, 0.05) is 23.9 Å². The summed E-state index contributed by atoms with van der Waals surface area (Å²) < 4.78 is 0. The van der Waals surface area contributed by atoms with Crippen LogP contribution in [0.3, 0.4) is 0 Å². The molecular formula is C12H11NO5. The standard InChI is InChI=1S/C12H11NO5/c14-7-1-2-8(9(15)5-7)13-6-3-10(16)12(18)11(17)4-6/h1-5,13-18H. The molecule has 2 aromatic rings. The van der Waals surface area contributed by atoms with Crippen molar-refractivity contribution in [3.8, 4) is 28.7 Å². The Bertz CT molecular complexity index is 574. The maximum absolute atomic E-state index is 9.55. The molecule has 0 unspecified atom stereocenters. The Kier molecular flexibility index (Phi) is 2.77. The highest BCUT2D eigenvalue weighted by atomic mass is 16.3. The van der Waals surface area contributed by atoms with Crippen LogP contribution in [0.5, 0.6) is 28.7 Å². The molecule has 6 nitrogen and oxygen atoms in total. The van der Waals surface area contributed by atoms with Gasteiger partial charge in [-0.2, -0.15) is 0 Å². The van der Waals surface area contributed by atoms with Crippen LogP contribution in [-0.4, -0.2) is 25.5 Å². The first kappa shape index (κ1) is 11.7. The van der Waals surface area contributed by atoms with Gasteiger partial charge >= 0.3 is 0 Å². The number of hydrogen-bond acceptors (Lipinski definition) is 6. The third-order valence-electron chi connectivity index (χ3n) is 2.33. The van der Waals surface area contributed by atoms with E-state index < -0.39 is 17.2 Å². The van der Waals surface area contributed by atoms with Gasteiger partial charge in [-0.3, -0.25) is 0 Å². The van der Waals surface area contributed by atoms with Crippen LogP contribution in [-0.2, 0) is 0 Å². The van der Waals surface area contributed by atoms with Crippen molar-refractivity contribution in [2.75, 3.05) is 5.32 Å². The van der Waals surface area contributed by atoms with E-state index in [9.17, 15) is 20.4 Å². The van der Waals surface area contributed by atoms with E-state index in [1.165, 1.54) is 24.3 Å². The lowest BCUT2D eigenvalue weighted by Crippen LogP contribution is -1.90. The quantitative estimate of drug-likeness (QED) is 0.358. The Hall–Kier alpha value is -2.76. The van der Waals surface area contributed by atoms with E-state index in [-0.39, 0.29) is 22.9 Å². The van der Waals surface area contributed by atoms with E-state index >= 15 is 0 Å². The van der Waals surface area contributed by atoms with Crippen molar-refractivity contribution in [1.82, 2.24) is 0 Å². The summed E-state index contributed by atoms with van der Waals surface area (Å²) in [7, 11) is 0. The summed E-state index contributed by atoms with van der Waals surface area (Å²) >= 11 is 0. The smallest absolute Gasteiger partial charge is 0.200 e. The fourth-order valence-corrected chi connectivity index (χ4v) is 1.46. The van der Waals surface area contributed by atoms with Crippen LogP contribution in [0.15, 0.2) is 30.3 Å². The molecule has 0 amide bonds. The topological polar surface area (TPSA) is 113 Å². The number of phenols is 5. The van der Waals surface area contributed by atoms with Crippen molar-refractivity contribution >= 4 is 11.4 Å². The number of anilines is 2. The molecule has 0 bridgehead atoms. The predicted octanol–water partition coefficient (Wildman–Crippen LogP) is 1.96. The van der Waals surface area contributed by atoms with E-state index in [0.717, 1.165) is 6.07 Å². The maximum atomic E-state index is 9.55. The zero-order valence-electron chi connectivity index (χ0n) is 9.12. The number of rotatable bonds is 2. The summed E-state index contributed by atoms with van der Waals surface area (Å²) in [6.45, 7) is 0. The first-order valence-electron chi connectivity index (χ1n) is 5.01. The van der Waals surface area contributed by atoms with E-state index in [1.54, 1.807) is 0 Å². The molecule has 0 atom stereocenters. The molecule has 0 aliphatic heterocycles. The van der Waals surface area contributed by atoms with Crippen molar-refractivity contribution in [2.45, 2.75) is 0 Å². The Balaban J connectivity index is 2.34. The summed E-state index contributed by atoms with van der Waals surface area (Å²) in [4.78, 5) is 0. The summed E-state index contributed by atoms with van der Waals surface area (Å²) in [6.07, 6.45) is 0. The van der Waals surface area contributed by atoms with Crippen LogP contribution < -0.4 is 5.32 Å². The largest absolute Gasteiger partial charge is 0.508 e. The molecule has 0 saturated heterocycles. The normalized spacial score (nSPS) is 10.2. The second-order valence-electron chi connectivity index (χ2n) is 3.69. The van der Waals surface area contributed by atoms with Crippen LogP contribution >= 0.6 is 0 Å². The second kappa shape index (κ2) is 4.25. The van der Waals surface area contributed by atoms with Crippen LogP contribution in [0.1, 0.15) is 0 Å². The lowest BCUT2D eigenvalue weighted by Gasteiger charge is -2.10. The molecule has 0 heterocycles. The van der Waals surface area contributed by atoms with E-state index in [4.69, 9.17) is 5.11 Å². The fraction of sp³-hybridized carbons (Fsp3) is 0. The zero-order chi connectivity index (χ0) is 13.3. The van der Waals surface area contributed by atoms with Crippen molar-refractivity contribution < 1.29 is 25.5 Å². The third-order valence-corrected chi connectivity index (χ3v) is 2.33. The monoisotopic (exact) mass is 249 g/mol. The van der Waals surface area contributed by atoms with Gasteiger partial charge in [0.05, 0.1) is 5.69 Å². The SMILES string of the molecule is Oc1ccc(Nc2cc(O)c(O)c(O)c2)c(O)c1. The van der Waals surface area contributed by atoms with Crippen LogP contribution in [0, 0.1) is 0 Å². The van der Waals surface area contributed by atoms with Gasteiger partial charge in [-0.15, -0.1) is 0 Å². The molecule has 6 heteroatoms. The van der Waals surface area contributed by atoms with E-state index in [2.05, 4.69) is 5.32 Å². The van der Waals surface area contributed by atoms with E-state index in [1.807, 2.05) is 0 Å². The highest BCUT2D eigenvalue weighted by Gasteiger charge is 2.09. The minimum absolute atomic E-state index is 0.0885.